The molecule has 1 N–H and O–H groups in total. The molecule has 0 aliphatic carbocycles. The molecular formula is C19H27N3O4. The number of furan rings is 1. The van der Waals surface area contributed by atoms with Crippen molar-refractivity contribution in [3.8, 4) is 0 Å². The molecule has 0 bridgehead atoms. The number of hydrogen-bond donors (Lipinski definition) is 1. The van der Waals surface area contributed by atoms with Crippen LogP contribution in [0.15, 0.2) is 15.0 Å². The van der Waals surface area contributed by atoms with Crippen LogP contribution in [0.5, 0.6) is 0 Å². The molecule has 0 spiro atoms. The molecular weight excluding hydrogens is 334 g/mol. The van der Waals surface area contributed by atoms with Crippen LogP contribution in [0.4, 0.5) is 0 Å². The largest absolute Gasteiger partial charge is 0.456 e. The van der Waals surface area contributed by atoms with Crippen LogP contribution in [-0.2, 0) is 11.2 Å². The Bertz CT molecular complexity index is 744. The highest BCUT2D eigenvalue weighted by Crippen LogP contribution is 2.30. The fraction of sp³-hybridized carbons (Fsp3) is 0.632. The van der Waals surface area contributed by atoms with Crippen molar-refractivity contribution >= 4 is 5.91 Å². The van der Waals surface area contributed by atoms with E-state index in [-0.39, 0.29) is 23.8 Å². The van der Waals surface area contributed by atoms with Gasteiger partial charge in [0.15, 0.2) is 11.6 Å². The predicted molar refractivity (Wildman–Crippen MR) is 95.0 cm³/mol. The SMILES string of the molecule is CCc1oc(C(=O)N[C@@H](c2nc(C(C)C)no2)C2CCOCC2)cc1C. The minimum Gasteiger partial charge on any atom is -0.456 e. The van der Waals surface area contributed by atoms with Gasteiger partial charge in [0.2, 0.25) is 5.89 Å². The smallest absolute Gasteiger partial charge is 0.287 e. The third kappa shape index (κ3) is 3.98. The molecule has 0 unspecified atom stereocenters. The number of amides is 1. The Morgan fingerprint density at radius 2 is 2.08 bits per heavy atom. The Kier molecular flexibility index (Phi) is 5.76. The molecule has 2 aromatic heterocycles. The molecule has 1 aliphatic heterocycles. The number of rotatable bonds is 6. The summed E-state index contributed by atoms with van der Waals surface area (Å²) in [4.78, 5) is 17.3. The summed E-state index contributed by atoms with van der Waals surface area (Å²) in [5.74, 6) is 2.35. The molecule has 7 heteroatoms. The molecule has 2 aromatic rings. The highest BCUT2D eigenvalue weighted by Gasteiger charge is 2.32. The first-order valence-electron chi connectivity index (χ1n) is 9.31. The number of ether oxygens (including phenoxy) is 1. The number of nitrogens with zero attached hydrogens (tertiary/aromatic N) is 2. The van der Waals surface area contributed by atoms with Gasteiger partial charge in [0.25, 0.3) is 5.91 Å². The van der Waals surface area contributed by atoms with Gasteiger partial charge in [-0.25, -0.2) is 0 Å². The zero-order valence-electron chi connectivity index (χ0n) is 15.9. The van der Waals surface area contributed by atoms with Gasteiger partial charge in [0.1, 0.15) is 11.8 Å². The van der Waals surface area contributed by atoms with Crippen molar-refractivity contribution < 1.29 is 18.5 Å². The lowest BCUT2D eigenvalue weighted by Crippen LogP contribution is -2.36. The van der Waals surface area contributed by atoms with Crippen molar-refractivity contribution in [1.82, 2.24) is 15.5 Å². The summed E-state index contributed by atoms with van der Waals surface area (Å²) in [5.41, 5.74) is 0.986. The van der Waals surface area contributed by atoms with Crippen molar-refractivity contribution in [2.24, 2.45) is 5.92 Å². The van der Waals surface area contributed by atoms with Crippen LogP contribution < -0.4 is 5.32 Å². The van der Waals surface area contributed by atoms with Crippen LogP contribution in [0.2, 0.25) is 0 Å². The zero-order chi connectivity index (χ0) is 18.7. The van der Waals surface area contributed by atoms with Gasteiger partial charge in [-0.2, -0.15) is 4.98 Å². The average Bonchev–Trinajstić information content (AvgIpc) is 3.27. The highest BCUT2D eigenvalue weighted by atomic mass is 16.5. The molecule has 0 radical (unpaired) electrons. The summed E-state index contributed by atoms with van der Waals surface area (Å²) in [5, 5.41) is 7.10. The third-order valence-corrected chi connectivity index (χ3v) is 4.83. The van der Waals surface area contributed by atoms with Gasteiger partial charge in [0.05, 0.1) is 0 Å². The molecule has 1 amide bonds. The fourth-order valence-corrected chi connectivity index (χ4v) is 3.23. The van der Waals surface area contributed by atoms with E-state index >= 15 is 0 Å². The van der Waals surface area contributed by atoms with Crippen LogP contribution in [0, 0.1) is 12.8 Å². The zero-order valence-corrected chi connectivity index (χ0v) is 15.9. The number of carbonyl (C=O) groups excluding carboxylic acids is 1. The van der Waals surface area contributed by atoms with Gasteiger partial charge in [0, 0.05) is 25.6 Å². The highest BCUT2D eigenvalue weighted by molar-refractivity contribution is 5.92. The number of nitrogens with one attached hydrogen (secondary N) is 1. The molecule has 1 aliphatic rings. The van der Waals surface area contributed by atoms with Crippen LogP contribution in [0.25, 0.3) is 0 Å². The average molecular weight is 361 g/mol. The number of aromatic nitrogens is 2. The molecule has 7 nitrogen and oxygen atoms in total. The molecule has 142 valence electrons. The van der Waals surface area contributed by atoms with Gasteiger partial charge in [-0.1, -0.05) is 25.9 Å². The van der Waals surface area contributed by atoms with Crippen molar-refractivity contribution in [3.63, 3.8) is 0 Å². The summed E-state index contributed by atoms with van der Waals surface area (Å²) < 4.78 is 16.6. The summed E-state index contributed by atoms with van der Waals surface area (Å²) >= 11 is 0. The Labute approximate surface area is 153 Å². The molecule has 1 fully saturated rings. The monoisotopic (exact) mass is 361 g/mol. The first-order chi connectivity index (χ1) is 12.5. The van der Waals surface area contributed by atoms with Crippen molar-refractivity contribution in [2.75, 3.05) is 13.2 Å². The predicted octanol–water partition coefficient (Wildman–Crippen LogP) is 3.55. The van der Waals surface area contributed by atoms with Gasteiger partial charge in [-0.15, -0.1) is 0 Å². The van der Waals surface area contributed by atoms with E-state index in [0.717, 1.165) is 30.6 Å². The molecule has 0 saturated carbocycles. The van der Waals surface area contributed by atoms with Gasteiger partial charge in [-0.3, -0.25) is 4.79 Å². The second-order valence-electron chi connectivity index (χ2n) is 7.12. The standard InChI is InChI=1S/C19H27N3O4/c1-5-14-12(4)10-15(25-14)18(23)20-16(13-6-8-24-9-7-13)19-21-17(11(2)3)22-26-19/h10-11,13,16H,5-9H2,1-4H3,(H,20,23)/t16-/m1/s1. The lowest BCUT2D eigenvalue weighted by atomic mass is 9.91. The van der Waals surface area contributed by atoms with Gasteiger partial charge in [-0.05, 0) is 37.3 Å². The Balaban J connectivity index is 1.83. The van der Waals surface area contributed by atoms with Gasteiger partial charge < -0.3 is 19.0 Å². The maximum absolute atomic E-state index is 12.8. The topological polar surface area (TPSA) is 90.4 Å². The van der Waals surface area contributed by atoms with Crippen LogP contribution in [-0.4, -0.2) is 29.3 Å². The van der Waals surface area contributed by atoms with E-state index in [1.807, 2.05) is 27.7 Å². The van der Waals surface area contributed by atoms with Crippen LogP contribution in [0.3, 0.4) is 0 Å². The first kappa shape index (κ1) is 18.6. The van der Waals surface area contributed by atoms with E-state index < -0.39 is 0 Å². The normalized spacial score (nSPS) is 16.8. The van der Waals surface area contributed by atoms with Crippen molar-refractivity contribution in [1.29, 1.82) is 0 Å². The maximum atomic E-state index is 12.8. The van der Waals surface area contributed by atoms with Crippen LogP contribution in [0.1, 0.15) is 79.2 Å². The van der Waals surface area contributed by atoms with Crippen molar-refractivity contribution in [3.05, 3.63) is 34.9 Å². The summed E-state index contributed by atoms with van der Waals surface area (Å²) in [6, 6.07) is 1.43. The molecule has 0 aromatic carbocycles. The summed E-state index contributed by atoms with van der Waals surface area (Å²) in [6.45, 7) is 9.31. The molecule has 3 heterocycles. The molecule has 1 atom stereocenters. The Morgan fingerprint density at radius 1 is 1.35 bits per heavy atom. The van der Waals surface area contributed by atoms with E-state index in [9.17, 15) is 4.79 Å². The first-order valence-corrected chi connectivity index (χ1v) is 9.31. The minimum atomic E-state index is -0.345. The summed E-state index contributed by atoms with van der Waals surface area (Å²) in [6.07, 6.45) is 2.42. The summed E-state index contributed by atoms with van der Waals surface area (Å²) in [7, 11) is 0. The van der Waals surface area contributed by atoms with E-state index in [4.69, 9.17) is 13.7 Å². The maximum Gasteiger partial charge on any atom is 0.287 e. The molecule has 26 heavy (non-hydrogen) atoms. The van der Waals surface area contributed by atoms with E-state index in [1.54, 1.807) is 6.07 Å². The minimum absolute atomic E-state index is 0.165. The second-order valence-corrected chi connectivity index (χ2v) is 7.12. The quantitative estimate of drug-likeness (QED) is 0.846. The van der Waals surface area contributed by atoms with Crippen LogP contribution >= 0.6 is 0 Å². The Hall–Kier alpha value is -2.15. The lowest BCUT2D eigenvalue weighted by molar-refractivity contribution is 0.0463. The third-order valence-electron chi connectivity index (χ3n) is 4.83. The fourth-order valence-electron chi connectivity index (χ4n) is 3.23. The van der Waals surface area contributed by atoms with E-state index in [1.165, 1.54) is 0 Å². The second kappa shape index (κ2) is 8.03. The van der Waals surface area contributed by atoms with Crippen molar-refractivity contribution in [2.45, 2.75) is 58.9 Å². The number of carbonyl (C=O) groups is 1. The Morgan fingerprint density at radius 3 is 2.65 bits per heavy atom. The lowest BCUT2D eigenvalue weighted by Gasteiger charge is -2.28. The molecule has 1 saturated heterocycles. The van der Waals surface area contributed by atoms with E-state index in [2.05, 4.69) is 15.5 Å². The number of hydrogen-bond acceptors (Lipinski definition) is 6. The number of aryl methyl sites for hydroxylation is 2. The van der Waals surface area contributed by atoms with E-state index in [0.29, 0.717) is 30.7 Å². The van der Waals surface area contributed by atoms with Gasteiger partial charge >= 0.3 is 0 Å². The molecule has 3 rings (SSSR count).